The molecule has 7 nitrogen and oxygen atoms in total. The van der Waals surface area contributed by atoms with E-state index in [2.05, 4.69) is 25.8 Å². The summed E-state index contributed by atoms with van der Waals surface area (Å²) in [6.45, 7) is 11.7. The number of nitrogens with zero attached hydrogens (tertiary/aromatic N) is 1. The molecule has 0 spiro atoms. The van der Waals surface area contributed by atoms with Crippen molar-refractivity contribution in [3.63, 3.8) is 0 Å². The number of aliphatic imine (C=N–C) groups is 1. The fourth-order valence-electron chi connectivity index (χ4n) is 2.57. The Kier molecular flexibility index (Phi) is 11.4. The Morgan fingerprint density at radius 2 is 1.90 bits per heavy atom. The molecule has 7 heteroatoms. The van der Waals surface area contributed by atoms with Gasteiger partial charge in [-0.05, 0) is 32.1 Å². The van der Waals surface area contributed by atoms with E-state index in [4.69, 9.17) is 18.9 Å². The van der Waals surface area contributed by atoms with Crippen LogP contribution in [0.2, 0.25) is 0 Å². The van der Waals surface area contributed by atoms with Crippen LogP contribution in [0.5, 0.6) is 0 Å². The second-order valence-corrected chi connectivity index (χ2v) is 8.78. The summed E-state index contributed by atoms with van der Waals surface area (Å²) in [7, 11) is 1.58. The molecule has 0 amide bonds. The third kappa shape index (κ3) is 9.96. The average Bonchev–Trinajstić information content (AvgIpc) is 2.73. The molecule has 0 aromatic carbocycles. The molecule has 0 radical (unpaired) electrons. The van der Waals surface area contributed by atoms with Crippen LogP contribution >= 0.6 is 0 Å². The van der Waals surface area contributed by atoms with Crippen molar-refractivity contribution in [3.05, 3.63) is 11.6 Å². The summed E-state index contributed by atoms with van der Waals surface area (Å²) in [5, 5.41) is 0. The highest BCUT2D eigenvalue weighted by Gasteiger charge is 2.31. The smallest absolute Gasteiger partial charge is 0.306 e. The summed E-state index contributed by atoms with van der Waals surface area (Å²) in [6, 6.07) is 0. The number of esters is 1. The van der Waals surface area contributed by atoms with Crippen LogP contribution in [-0.2, 0) is 28.5 Å². The molecule has 30 heavy (non-hydrogen) atoms. The normalized spacial score (nSPS) is 15.6. The first kappa shape index (κ1) is 26.5. The van der Waals surface area contributed by atoms with Gasteiger partial charge in [0.2, 0.25) is 0 Å². The van der Waals surface area contributed by atoms with Gasteiger partial charge in [0.25, 0.3) is 0 Å². The zero-order valence-corrected chi connectivity index (χ0v) is 19.5. The summed E-state index contributed by atoms with van der Waals surface area (Å²) in [6.07, 6.45) is 5.90. The molecule has 0 aromatic rings. The van der Waals surface area contributed by atoms with Crippen molar-refractivity contribution >= 4 is 18.0 Å². The van der Waals surface area contributed by atoms with Crippen molar-refractivity contribution in [2.75, 3.05) is 33.5 Å². The van der Waals surface area contributed by atoms with Gasteiger partial charge in [0.15, 0.2) is 12.1 Å². The van der Waals surface area contributed by atoms with Crippen LogP contribution in [-0.4, -0.2) is 63.3 Å². The Hall–Kier alpha value is -1.57. The van der Waals surface area contributed by atoms with Crippen molar-refractivity contribution in [2.24, 2.45) is 10.4 Å². The van der Waals surface area contributed by atoms with Crippen molar-refractivity contribution in [1.82, 2.24) is 0 Å². The molecule has 1 rings (SSSR count). The third-order valence-electron chi connectivity index (χ3n) is 5.19. The van der Waals surface area contributed by atoms with Gasteiger partial charge in [0.1, 0.15) is 5.60 Å². The lowest BCUT2D eigenvalue weighted by Crippen LogP contribution is -2.38. The SMILES string of the molecule is CCC(C)(C)COC(C)(C)C(=O)CCC(=O)OCCCOC(OC)C1=CCCN=C1. The fraction of sp³-hybridized carbons (Fsp3) is 0.783. The number of Topliss-reactive ketones (excluding diaryl/α,β-unsaturated/α-hetero) is 1. The first-order valence-corrected chi connectivity index (χ1v) is 10.8. The second kappa shape index (κ2) is 13.0. The Morgan fingerprint density at radius 3 is 2.50 bits per heavy atom. The van der Waals surface area contributed by atoms with Gasteiger partial charge in [-0.15, -0.1) is 0 Å². The molecule has 1 aliphatic heterocycles. The number of carbonyl (C=O) groups excluding carboxylic acids is 2. The minimum Gasteiger partial charge on any atom is -0.466 e. The number of rotatable bonds is 15. The molecule has 0 N–H and O–H groups in total. The van der Waals surface area contributed by atoms with Crippen LogP contribution in [0.15, 0.2) is 16.6 Å². The third-order valence-corrected chi connectivity index (χ3v) is 5.19. The van der Waals surface area contributed by atoms with E-state index in [-0.39, 0.29) is 30.6 Å². The number of carbonyl (C=O) groups is 2. The minimum absolute atomic E-state index is 0.0146. The molecule has 0 saturated heterocycles. The lowest BCUT2D eigenvalue weighted by Gasteiger charge is -2.30. The molecule has 1 atom stereocenters. The highest BCUT2D eigenvalue weighted by atomic mass is 16.7. The number of hydrogen-bond donors (Lipinski definition) is 0. The second-order valence-electron chi connectivity index (χ2n) is 8.78. The van der Waals surface area contributed by atoms with E-state index in [0.717, 1.165) is 25.0 Å². The van der Waals surface area contributed by atoms with Crippen molar-refractivity contribution in [1.29, 1.82) is 0 Å². The monoisotopic (exact) mass is 425 g/mol. The van der Waals surface area contributed by atoms with Crippen molar-refractivity contribution in [2.45, 2.75) is 78.6 Å². The molecule has 0 aromatic heterocycles. The average molecular weight is 426 g/mol. The highest BCUT2D eigenvalue weighted by molar-refractivity contribution is 5.89. The van der Waals surface area contributed by atoms with Crippen LogP contribution in [0.4, 0.5) is 0 Å². The van der Waals surface area contributed by atoms with Crippen LogP contribution in [0, 0.1) is 5.41 Å². The zero-order chi connectivity index (χ0) is 22.6. The summed E-state index contributed by atoms with van der Waals surface area (Å²) in [5.74, 6) is -0.488. The van der Waals surface area contributed by atoms with Gasteiger partial charge in [-0.3, -0.25) is 14.6 Å². The minimum atomic E-state index is -0.910. The summed E-state index contributed by atoms with van der Waals surface area (Å²) < 4.78 is 22.0. The van der Waals surface area contributed by atoms with E-state index >= 15 is 0 Å². The van der Waals surface area contributed by atoms with Crippen LogP contribution < -0.4 is 0 Å². The van der Waals surface area contributed by atoms with Gasteiger partial charge in [-0.25, -0.2) is 0 Å². The zero-order valence-electron chi connectivity index (χ0n) is 19.5. The maximum Gasteiger partial charge on any atom is 0.306 e. The first-order chi connectivity index (χ1) is 14.1. The standard InChI is InChI=1S/C23H39NO6/c1-7-22(2,3)17-30-23(4,5)19(25)11-12-20(26)28-14-9-15-29-21(27-6)18-10-8-13-24-16-18/h10,16,21H,7-9,11-15,17H2,1-6H3. The van der Waals surface area contributed by atoms with Gasteiger partial charge in [0.05, 0.1) is 26.2 Å². The van der Waals surface area contributed by atoms with Gasteiger partial charge in [0, 0.05) is 38.3 Å². The lowest BCUT2D eigenvalue weighted by molar-refractivity contribution is -0.150. The largest absolute Gasteiger partial charge is 0.466 e. The van der Waals surface area contributed by atoms with Crippen LogP contribution in [0.25, 0.3) is 0 Å². The highest BCUT2D eigenvalue weighted by Crippen LogP contribution is 2.24. The predicted molar refractivity (Wildman–Crippen MR) is 117 cm³/mol. The lowest BCUT2D eigenvalue weighted by atomic mass is 9.91. The summed E-state index contributed by atoms with van der Waals surface area (Å²) in [4.78, 5) is 28.6. The quantitative estimate of drug-likeness (QED) is 0.225. The maximum absolute atomic E-state index is 12.4. The Bertz CT molecular complexity index is 609. The number of dihydropyridines is 1. The molecule has 1 unspecified atom stereocenters. The summed E-state index contributed by atoms with van der Waals surface area (Å²) >= 11 is 0. The van der Waals surface area contributed by atoms with Crippen molar-refractivity contribution in [3.8, 4) is 0 Å². The van der Waals surface area contributed by atoms with Gasteiger partial charge in [-0.2, -0.15) is 0 Å². The number of ketones is 1. The molecule has 0 fully saturated rings. The molecular weight excluding hydrogens is 386 g/mol. The number of methoxy groups -OCH3 is 1. The fourth-order valence-corrected chi connectivity index (χ4v) is 2.57. The Morgan fingerprint density at radius 1 is 1.17 bits per heavy atom. The van der Waals surface area contributed by atoms with E-state index in [0.29, 0.717) is 19.6 Å². The van der Waals surface area contributed by atoms with E-state index in [1.807, 2.05) is 6.08 Å². The molecule has 0 aliphatic carbocycles. The van der Waals surface area contributed by atoms with E-state index in [1.54, 1.807) is 27.2 Å². The number of ether oxygens (including phenoxy) is 4. The van der Waals surface area contributed by atoms with E-state index < -0.39 is 17.9 Å². The number of hydrogen-bond acceptors (Lipinski definition) is 7. The molecular formula is C23H39NO6. The first-order valence-electron chi connectivity index (χ1n) is 10.8. The molecule has 0 saturated carbocycles. The molecule has 1 aliphatic rings. The van der Waals surface area contributed by atoms with Crippen LogP contribution in [0.1, 0.15) is 66.7 Å². The summed E-state index contributed by atoms with van der Waals surface area (Å²) in [5.41, 5.74) is 0.0134. The topological polar surface area (TPSA) is 83.4 Å². The van der Waals surface area contributed by atoms with E-state index in [9.17, 15) is 9.59 Å². The Balaban J connectivity index is 2.22. The van der Waals surface area contributed by atoms with E-state index in [1.165, 1.54) is 0 Å². The molecule has 0 bridgehead atoms. The van der Waals surface area contributed by atoms with Gasteiger partial charge >= 0.3 is 5.97 Å². The van der Waals surface area contributed by atoms with Crippen LogP contribution in [0.3, 0.4) is 0 Å². The van der Waals surface area contributed by atoms with Gasteiger partial charge in [-0.1, -0.05) is 26.8 Å². The molecule has 172 valence electrons. The predicted octanol–water partition coefficient (Wildman–Crippen LogP) is 3.89. The Labute approximate surface area is 181 Å². The molecule has 1 heterocycles. The van der Waals surface area contributed by atoms with Gasteiger partial charge < -0.3 is 18.9 Å². The van der Waals surface area contributed by atoms with Crippen molar-refractivity contribution < 1.29 is 28.5 Å². The maximum atomic E-state index is 12.4.